The minimum absolute atomic E-state index is 0.294. The van der Waals surface area contributed by atoms with Gasteiger partial charge in [0, 0.05) is 35.1 Å². The van der Waals surface area contributed by atoms with Gasteiger partial charge < -0.3 is 4.74 Å². The number of halogens is 1. The highest BCUT2D eigenvalue weighted by atomic mass is 79.9. The van der Waals surface area contributed by atoms with E-state index in [1.54, 1.807) is 0 Å². The molecule has 0 saturated carbocycles. The molecule has 1 atom stereocenters. The number of ether oxygens (including phenoxy) is 1. The first-order valence-corrected chi connectivity index (χ1v) is 8.69. The molecule has 0 bridgehead atoms. The minimum atomic E-state index is -0.294. The van der Waals surface area contributed by atoms with Gasteiger partial charge in [-0.1, -0.05) is 28.9 Å². The van der Waals surface area contributed by atoms with Gasteiger partial charge in [0.05, 0.1) is 12.7 Å². The van der Waals surface area contributed by atoms with Crippen molar-refractivity contribution in [2.24, 2.45) is 0 Å². The lowest BCUT2D eigenvalue weighted by molar-refractivity contribution is 0.0600. The predicted octanol–water partition coefficient (Wildman–Crippen LogP) is 3.56. The molecule has 1 heterocycles. The summed E-state index contributed by atoms with van der Waals surface area (Å²) >= 11 is 5.64. The van der Waals surface area contributed by atoms with E-state index in [9.17, 15) is 4.79 Å². The molecule has 0 spiro atoms. The second kappa shape index (κ2) is 7.48. The molecule has 3 nitrogen and oxygen atoms in total. The van der Waals surface area contributed by atoms with Crippen LogP contribution in [0, 0.1) is 0 Å². The van der Waals surface area contributed by atoms with E-state index in [1.165, 1.54) is 24.8 Å². The molecular formula is C15H20BrNO2S. The smallest absolute Gasteiger partial charge is 0.337 e. The molecule has 20 heavy (non-hydrogen) atoms. The van der Waals surface area contributed by atoms with Crippen LogP contribution < -0.4 is 0 Å². The molecule has 1 aromatic carbocycles. The van der Waals surface area contributed by atoms with Crippen molar-refractivity contribution in [2.45, 2.75) is 25.1 Å². The van der Waals surface area contributed by atoms with Crippen molar-refractivity contribution in [1.82, 2.24) is 4.90 Å². The summed E-state index contributed by atoms with van der Waals surface area (Å²) in [4.78, 5) is 14.0. The molecule has 1 aliphatic heterocycles. The Kier molecular flexibility index (Phi) is 5.93. The van der Waals surface area contributed by atoms with Crippen LogP contribution in [0.25, 0.3) is 0 Å². The fraction of sp³-hybridized carbons (Fsp3) is 0.533. The number of thioether (sulfide) groups is 1. The van der Waals surface area contributed by atoms with Gasteiger partial charge in [-0.05, 0) is 24.1 Å². The Labute approximate surface area is 133 Å². The Morgan fingerprint density at radius 3 is 3.00 bits per heavy atom. The highest BCUT2D eigenvalue weighted by Gasteiger charge is 2.19. The van der Waals surface area contributed by atoms with Crippen LogP contribution in [0.15, 0.2) is 22.7 Å². The molecule has 5 heteroatoms. The summed E-state index contributed by atoms with van der Waals surface area (Å²) in [6.07, 6.45) is 1.23. The second-order valence-corrected chi connectivity index (χ2v) is 7.20. The van der Waals surface area contributed by atoms with Crippen molar-refractivity contribution in [2.75, 3.05) is 26.0 Å². The van der Waals surface area contributed by atoms with Crippen molar-refractivity contribution in [1.29, 1.82) is 0 Å². The fourth-order valence-corrected chi connectivity index (χ4v) is 4.09. The van der Waals surface area contributed by atoms with E-state index in [4.69, 9.17) is 4.74 Å². The third-order valence-electron chi connectivity index (χ3n) is 3.55. The topological polar surface area (TPSA) is 29.5 Å². The molecule has 1 fully saturated rings. The summed E-state index contributed by atoms with van der Waals surface area (Å²) in [5.41, 5.74) is 1.81. The van der Waals surface area contributed by atoms with Crippen LogP contribution in [-0.4, -0.2) is 42.1 Å². The molecule has 1 saturated heterocycles. The average Bonchev–Trinajstić information content (AvgIpc) is 2.48. The van der Waals surface area contributed by atoms with E-state index in [1.807, 2.05) is 18.2 Å². The van der Waals surface area contributed by atoms with Gasteiger partial charge in [-0.3, -0.25) is 4.90 Å². The normalized spacial score (nSPS) is 19.9. The number of esters is 1. The molecule has 2 rings (SSSR count). The zero-order valence-electron chi connectivity index (χ0n) is 11.9. The van der Waals surface area contributed by atoms with Crippen LogP contribution in [0.3, 0.4) is 0 Å². The molecule has 0 radical (unpaired) electrons. The van der Waals surface area contributed by atoms with Crippen LogP contribution in [0.4, 0.5) is 0 Å². The van der Waals surface area contributed by atoms with Crippen molar-refractivity contribution >= 4 is 33.7 Å². The van der Waals surface area contributed by atoms with Crippen LogP contribution in [0.5, 0.6) is 0 Å². The van der Waals surface area contributed by atoms with Crippen LogP contribution >= 0.6 is 27.7 Å². The van der Waals surface area contributed by atoms with Gasteiger partial charge in [-0.25, -0.2) is 4.79 Å². The average molecular weight is 358 g/mol. The van der Waals surface area contributed by atoms with Crippen molar-refractivity contribution < 1.29 is 9.53 Å². The number of carbonyl (C=O) groups is 1. The number of nitrogens with zero attached hydrogens (tertiary/aromatic N) is 1. The van der Waals surface area contributed by atoms with Gasteiger partial charge in [0.1, 0.15) is 0 Å². The Morgan fingerprint density at radius 2 is 2.35 bits per heavy atom. The first-order chi connectivity index (χ1) is 9.63. The third-order valence-corrected chi connectivity index (χ3v) is 5.66. The quantitative estimate of drug-likeness (QED) is 0.770. The maximum atomic E-state index is 11.5. The summed E-state index contributed by atoms with van der Waals surface area (Å²) in [6, 6.07) is 5.69. The Bertz CT molecular complexity index is 481. The number of carbonyl (C=O) groups excluding carboxylic acids is 1. The zero-order chi connectivity index (χ0) is 14.5. The molecule has 110 valence electrons. The lowest BCUT2D eigenvalue weighted by atomic mass is 10.1. The fourth-order valence-electron chi connectivity index (χ4n) is 2.33. The van der Waals surface area contributed by atoms with E-state index >= 15 is 0 Å². The first-order valence-electron chi connectivity index (χ1n) is 6.84. The van der Waals surface area contributed by atoms with Crippen molar-refractivity contribution in [3.63, 3.8) is 0 Å². The number of rotatable bonds is 4. The summed E-state index contributed by atoms with van der Waals surface area (Å²) in [6.45, 7) is 5.46. The predicted molar refractivity (Wildman–Crippen MR) is 87.3 cm³/mol. The number of hydrogen-bond donors (Lipinski definition) is 0. The van der Waals surface area contributed by atoms with E-state index < -0.39 is 0 Å². The van der Waals surface area contributed by atoms with Crippen LogP contribution in [0.2, 0.25) is 0 Å². The standard InChI is InChI=1S/C15H20BrNO2S/c1-3-13-10-17(6-7-20-13)9-12-5-4-11(8-14(12)16)15(18)19-2/h4-5,8,13H,3,6-7,9-10H2,1-2H3. The molecule has 1 aromatic rings. The molecule has 0 aliphatic carbocycles. The van der Waals surface area contributed by atoms with Crippen molar-refractivity contribution in [3.8, 4) is 0 Å². The van der Waals surface area contributed by atoms with E-state index in [0.29, 0.717) is 5.56 Å². The Balaban J connectivity index is 2.04. The summed E-state index contributed by atoms with van der Waals surface area (Å²) < 4.78 is 5.72. The monoisotopic (exact) mass is 357 g/mol. The van der Waals surface area contributed by atoms with E-state index in [0.717, 1.165) is 29.4 Å². The Morgan fingerprint density at radius 1 is 1.55 bits per heavy atom. The number of benzene rings is 1. The Hall–Kier alpha value is -0.520. The van der Waals surface area contributed by atoms with Crippen LogP contribution in [0.1, 0.15) is 29.3 Å². The number of hydrogen-bond acceptors (Lipinski definition) is 4. The van der Waals surface area contributed by atoms with E-state index in [-0.39, 0.29) is 5.97 Å². The molecule has 1 aliphatic rings. The molecule has 0 aromatic heterocycles. The zero-order valence-corrected chi connectivity index (χ0v) is 14.3. The highest BCUT2D eigenvalue weighted by molar-refractivity contribution is 9.10. The first kappa shape index (κ1) is 15.9. The van der Waals surface area contributed by atoms with Crippen molar-refractivity contribution in [3.05, 3.63) is 33.8 Å². The van der Waals surface area contributed by atoms with Gasteiger partial charge in [0.25, 0.3) is 0 Å². The SMILES string of the molecule is CCC1CN(Cc2ccc(C(=O)OC)cc2Br)CCS1. The molecule has 1 unspecified atom stereocenters. The summed E-state index contributed by atoms with van der Waals surface area (Å²) in [7, 11) is 1.40. The number of methoxy groups -OCH3 is 1. The lowest BCUT2D eigenvalue weighted by Crippen LogP contribution is -2.37. The molecule has 0 N–H and O–H groups in total. The second-order valence-electron chi connectivity index (χ2n) is 4.93. The maximum Gasteiger partial charge on any atom is 0.337 e. The van der Waals surface area contributed by atoms with Gasteiger partial charge in [-0.15, -0.1) is 0 Å². The van der Waals surface area contributed by atoms with E-state index in [2.05, 4.69) is 39.5 Å². The molecule has 0 amide bonds. The van der Waals surface area contributed by atoms with Gasteiger partial charge in [-0.2, -0.15) is 11.8 Å². The van der Waals surface area contributed by atoms with Gasteiger partial charge >= 0.3 is 5.97 Å². The summed E-state index contributed by atoms with van der Waals surface area (Å²) in [5.74, 6) is 0.911. The maximum absolute atomic E-state index is 11.5. The van der Waals surface area contributed by atoms with Gasteiger partial charge in [0.2, 0.25) is 0 Å². The molecular weight excluding hydrogens is 338 g/mol. The summed E-state index contributed by atoms with van der Waals surface area (Å²) in [5, 5.41) is 0.747. The van der Waals surface area contributed by atoms with Crippen LogP contribution in [-0.2, 0) is 11.3 Å². The minimum Gasteiger partial charge on any atom is -0.465 e. The largest absolute Gasteiger partial charge is 0.465 e. The highest BCUT2D eigenvalue weighted by Crippen LogP contribution is 2.25. The lowest BCUT2D eigenvalue weighted by Gasteiger charge is -2.32. The third kappa shape index (κ3) is 3.99. The van der Waals surface area contributed by atoms with Gasteiger partial charge in [0.15, 0.2) is 0 Å².